The van der Waals surface area contributed by atoms with Crippen LogP contribution >= 0.6 is 0 Å². The number of ether oxygens (including phenoxy) is 1. The largest absolute Gasteiger partial charge is 0.383 e. The average Bonchev–Trinajstić information content (AvgIpc) is 2.49. The molecule has 126 valence electrons. The van der Waals surface area contributed by atoms with E-state index in [1.54, 1.807) is 19.2 Å². The minimum atomic E-state index is -0.609. The van der Waals surface area contributed by atoms with Crippen LogP contribution in [0.25, 0.3) is 0 Å². The normalized spacial score (nSPS) is 19.3. The number of urea groups is 1. The molecule has 2 N–H and O–H groups in total. The minimum absolute atomic E-state index is 0.155. The van der Waals surface area contributed by atoms with Gasteiger partial charge in [-0.15, -0.1) is 0 Å². The van der Waals surface area contributed by atoms with Crippen molar-refractivity contribution in [2.45, 2.75) is 31.8 Å². The predicted octanol–water partition coefficient (Wildman–Crippen LogP) is 1.66. The summed E-state index contributed by atoms with van der Waals surface area (Å²) in [6, 6.07) is 4.73. The van der Waals surface area contributed by atoms with Gasteiger partial charge in [0, 0.05) is 19.3 Å². The molecule has 1 aliphatic rings. The van der Waals surface area contributed by atoms with E-state index in [0.717, 1.165) is 6.42 Å². The van der Waals surface area contributed by atoms with Crippen LogP contribution in [0.4, 0.5) is 14.9 Å². The molecule has 2 rings (SSSR count). The van der Waals surface area contributed by atoms with Gasteiger partial charge in [0.25, 0.3) is 0 Å². The number of amides is 3. The third-order valence-electron chi connectivity index (χ3n) is 3.66. The highest BCUT2D eigenvalue weighted by Crippen LogP contribution is 2.21. The molecule has 0 aliphatic carbocycles. The second-order valence-electron chi connectivity index (χ2n) is 5.64. The van der Waals surface area contributed by atoms with Crippen LogP contribution in [0.1, 0.15) is 19.8 Å². The molecule has 1 aromatic rings. The zero-order valence-electron chi connectivity index (χ0n) is 13.3. The zero-order valence-corrected chi connectivity index (χ0v) is 13.3. The van der Waals surface area contributed by atoms with E-state index < -0.39 is 17.9 Å². The monoisotopic (exact) mass is 323 g/mol. The Morgan fingerprint density at radius 2 is 2.30 bits per heavy atom. The number of benzene rings is 1. The lowest BCUT2D eigenvalue weighted by Crippen LogP contribution is -2.55. The molecule has 0 unspecified atom stereocenters. The quantitative estimate of drug-likeness (QED) is 0.866. The first-order valence-electron chi connectivity index (χ1n) is 7.64. The summed E-state index contributed by atoms with van der Waals surface area (Å²) in [6.07, 6.45) is 1.30. The van der Waals surface area contributed by atoms with Gasteiger partial charge in [0.1, 0.15) is 11.9 Å². The van der Waals surface area contributed by atoms with Gasteiger partial charge in [0.15, 0.2) is 0 Å². The molecular formula is C16H22FN3O3. The van der Waals surface area contributed by atoms with Gasteiger partial charge in [-0.3, -0.25) is 4.79 Å². The molecule has 0 aromatic heterocycles. The Labute approximate surface area is 135 Å². The van der Waals surface area contributed by atoms with Crippen LogP contribution in [0.15, 0.2) is 24.3 Å². The van der Waals surface area contributed by atoms with Crippen LogP contribution in [-0.2, 0) is 9.53 Å². The van der Waals surface area contributed by atoms with E-state index in [9.17, 15) is 14.0 Å². The van der Waals surface area contributed by atoms with E-state index in [4.69, 9.17) is 4.74 Å². The number of hydrogen-bond acceptors (Lipinski definition) is 3. The summed E-state index contributed by atoms with van der Waals surface area (Å²) < 4.78 is 18.3. The van der Waals surface area contributed by atoms with Crippen molar-refractivity contribution >= 4 is 17.6 Å². The van der Waals surface area contributed by atoms with Gasteiger partial charge in [-0.05, 0) is 38.0 Å². The van der Waals surface area contributed by atoms with E-state index >= 15 is 0 Å². The van der Waals surface area contributed by atoms with Crippen molar-refractivity contribution in [2.24, 2.45) is 0 Å². The van der Waals surface area contributed by atoms with Crippen LogP contribution in [0.5, 0.6) is 0 Å². The topological polar surface area (TPSA) is 70.7 Å². The first-order chi connectivity index (χ1) is 11.0. The number of carbonyl (C=O) groups excluding carboxylic acids is 2. The van der Waals surface area contributed by atoms with E-state index in [1.165, 1.54) is 17.0 Å². The number of methoxy groups -OCH3 is 1. The van der Waals surface area contributed by atoms with Crippen molar-refractivity contribution in [2.75, 3.05) is 25.2 Å². The first-order valence-corrected chi connectivity index (χ1v) is 7.64. The number of halogens is 1. The summed E-state index contributed by atoms with van der Waals surface area (Å²) in [6.45, 7) is 2.72. The Kier molecular flexibility index (Phi) is 5.92. The lowest BCUT2D eigenvalue weighted by Gasteiger charge is -2.32. The Bertz CT molecular complexity index is 567. The van der Waals surface area contributed by atoms with Gasteiger partial charge in [-0.25, -0.2) is 9.18 Å². The molecule has 0 saturated carbocycles. The fourth-order valence-electron chi connectivity index (χ4n) is 2.62. The second-order valence-corrected chi connectivity index (χ2v) is 5.64. The number of piperidine rings is 1. The fourth-order valence-corrected chi connectivity index (χ4v) is 2.62. The van der Waals surface area contributed by atoms with Crippen molar-refractivity contribution in [3.63, 3.8) is 0 Å². The van der Waals surface area contributed by atoms with Gasteiger partial charge in [0.05, 0.1) is 12.6 Å². The first kappa shape index (κ1) is 17.2. The van der Waals surface area contributed by atoms with Gasteiger partial charge in [0.2, 0.25) is 5.91 Å². The Balaban J connectivity index is 1.98. The van der Waals surface area contributed by atoms with Crippen LogP contribution in [0.3, 0.4) is 0 Å². The highest BCUT2D eigenvalue weighted by Gasteiger charge is 2.31. The lowest BCUT2D eigenvalue weighted by molar-refractivity contribution is -0.121. The summed E-state index contributed by atoms with van der Waals surface area (Å²) in [7, 11) is 1.55. The molecule has 1 heterocycles. The van der Waals surface area contributed by atoms with Crippen molar-refractivity contribution in [3.8, 4) is 0 Å². The van der Waals surface area contributed by atoms with Gasteiger partial charge in [-0.1, -0.05) is 6.07 Å². The third kappa shape index (κ3) is 4.66. The number of carbonyl (C=O) groups is 2. The smallest absolute Gasteiger partial charge is 0.315 e. The zero-order chi connectivity index (χ0) is 16.8. The lowest BCUT2D eigenvalue weighted by atomic mass is 10.0. The molecular weight excluding hydrogens is 301 g/mol. The van der Waals surface area contributed by atoms with E-state index in [-0.39, 0.29) is 11.9 Å². The molecule has 0 spiro atoms. The molecule has 0 bridgehead atoms. The average molecular weight is 323 g/mol. The van der Waals surface area contributed by atoms with Gasteiger partial charge < -0.3 is 20.3 Å². The maximum Gasteiger partial charge on any atom is 0.315 e. The summed E-state index contributed by atoms with van der Waals surface area (Å²) in [4.78, 5) is 26.0. The molecule has 23 heavy (non-hydrogen) atoms. The van der Waals surface area contributed by atoms with E-state index in [2.05, 4.69) is 10.6 Å². The van der Waals surface area contributed by atoms with Gasteiger partial charge in [-0.2, -0.15) is 0 Å². The summed E-state index contributed by atoms with van der Waals surface area (Å²) in [5.74, 6) is -0.618. The maximum atomic E-state index is 13.3. The summed E-state index contributed by atoms with van der Waals surface area (Å²) >= 11 is 0. The van der Waals surface area contributed by atoms with Crippen molar-refractivity contribution in [1.29, 1.82) is 0 Å². The third-order valence-corrected chi connectivity index (χ3v) is 3.66. The molecule has 1 fully saturated rings. The number of hydrogen-bond donors (Lipinski definition) is 2. The highest BCUT2D eigenvalue weighted by molar-refractivity contribution is 5.99. The fraction of sp³-hybridized carbons (Fsp3) is 0.500. The van der Waals surface area contributed by atoms with Crippen LogP contribution in [-0.4, -0.2) is 44.3 Å². The number of nitrogens with zero attached hydrogens (tertiary/aromatic N) is 1. The molecule has 6 nitrogen and oxygen atoms in total. The maximum absolute atomic E-state index is 13.3. The number of nitrogens with one attached hydrogen (secondary N) is 2. The Morgan fingerprint density at radius 3 is 3.00 bits per heavy atom. The Hall–Kier alpha value is -2.15. The van der Waals surface area contributed by atoms with E-state index in [0.29, 0.717) is 25.3 Å². The number of rotatable bonds is 5. The molecule has 3 amide bonds. The molecule has 1 aliphatic heterocycles. The SMILES string of the molecule is COC[C@@H](C)NC(=O)N[C@H]1CCCN(c2cccc(F)c2)C1=O. The second kappa shape index (κ2) is 7.92. The molecule has 7 heteroatoms. The van der Waals surface area contributed by atoms with Crippen molar-refractivity contribution in [3.05, 3.63) is 30.1 Å². The Morgan fingerprint density at radius 1 is 1.52 bits per heavy atom. The molecule has 2 atom stereocenters. The standard InChI is InChI=1S/C16H22FN3O3/c1-11(10-23-2)18-16(22)19-14-7-4-8-20(15(14)21)13-6-3-5-12(17)9-13/h3,5-6,9,11,14H,4,7-8,10H2,1-2H3,(H2,18,19,22)/t11-,14+/m1/s1. The van der Waals surface area contributed by atoms with Crippen LogP contribution in [0, 0.1) is 5.82 Å². The highest BCUT2D eigenvalue weighted by atomic mass is 19.1. The van der Waals surface area contributed by atoms with Crippen LogP contribution < -0.4 is 15.5 Å². The molecule has 1 aromatic carbocycles. The summed E-state index contributed by atoms with van der Waals surface area (Å²) in [5, 5.41) is 5.39. The minimum Gasteiger partial charge on any atom is -0.383 e. The summed E-state index contributed by atoms with van der Waals surface area (Å²) in [5.41, 5.74) is 0.509. The van der Waals surface area contributed by atoms with Crippen LogP contribution in [0.2, 0.25) is 0 Å². The molecule has 0 radical (unpaired) electrons. The van der Waals surface area contributed by atoms with E-state index in [1.807, 2.05) is 6.92 Å². The predicted molar refractivity (Wildman–Crippen MR) is 84.8 cm³/mol. The van der Waals surface area contributed by atoms with Crippen molar-refractivity contribution in [1.82, 2.24) is 10.6 Å². The molecule has 1 saturated heterocycles. The van der Waals surface area contributed by atoms with Gasteiger partial charge >= 0.3 is 6.03 Å². The van der Waals surface area contributed by atoms with Crippen molar-refractivity contribution < 1.29 is 18.7 Å². The number of anilines is 1.